The van der Waals surface area contributed by atoms with Crippen molar-refractivity contribution in [3.8, 4) is 56.4 Å². The smallest absolute Gasteiger partial charge is 0.142 e. The fourth-order valence-corrected chi connectivity index (χ4v) is 8.09. The van der Waals surface area contributed by atoms with Crippen molar-refractivity contribution in [2.24, 2.45) is 0 Å². The number of nitrogens with zero attached hydrogens (tertiary/aromatic N) is 2. The predicted molar refractivity (Wildman–Crippen MR) is 207 cm³/mol. The summed E-state index contributed by atoms with van der Waals surface area (Å²) in [5, 5.41) is 7.58. The molecule has 0 N–H and O–H groups in total. The van der Waals surface area contributed by atoms with E-state index in [1.165, 1.54) is 32.3 Å². The molecule has 0 saturated carbocycles. The second-order valence-electron chi connectivity index (χ2n) is 12.6. The van der Waals surface area contributed by atoms with Crippen LogP contribution in [-0.4, -0.2) is 9.97 Å². The summed E-state index contributed by atoms with van der Waals surface area (Å²) in [5.74, 6) is 1.76. The Hall–Kier alpha value is -6.23. The summed E-state index contributed by atoms with van der Waals surface area (Å²) < 4.78 is 6.42. The van der Waals surface area contributed by atoms with Crippen molar-refractivity contribution in [3.63, 3.8) is 0 Å². The molecule has 0 bridgehead atoms. The molecule has 234 valence electrons. The van der Waals surface area contributed by atoms with E-state index in [2.05, 4.69) is 132 Å². The van der Waals surface area contributed by atoms with Crippen LogP contribution in [0.5, 0.6) is 11.5 Å². The van der Waals surface area contributed by atoms with E-state index in [1.54, 1.807) is 11.8 Å². The summed E-state index contributed by atoms with van der Waals surface area (Å²) in [4.78, 5) is 11.9. The second-order valence-corrected chi connectivity index (χ2v) is 13.7. The lowest BCUT2D eigenvalue weighted by molar-refractivity contribution is 0.455. The molecule has 0 saturated heterocycles. The maximum absolute atomic E-state index is 6.42. The van der Waals surface area contributed by atoms with Gasteiger partial charge in [0.05, 0.1) is 26.9 Å². The summed E-state index contributed by atoms with van der Waals surface area (Å²) >= 11 is 1.75. The van der Waals surface area contributed by atoms with Crippen LogP contribution in [0.2, 0.25) is 0 Å². The molecule has 1 aliphatic rings. The molecule has 0 spiro atoms. The molecule has 0 amide bonds. The molecule has 7 aromatic carbocycles. The molecule has 0 radical (unpaired) electrons. The minimum absolute atomic E-state index is 0.844. The highest BCUT2D eigenvalue weighted by Gasteiger charge is 2.19. The first-order chi connectivity index (χ1) is 24.7. The SMILES string of the molecule is c1ccc(-c2cccc(-c3cc(-c4ccc5c(c4)Oc4ccccc4S5)cc(-c4ccc5c6ccccc6c6ccccc6c5c4)c3)n2)nc1. The Morgan fingerprint density at radius 1 is 0.360 bits per heavy atom. The minimum Gasteiger partial charge on any atom is -0.455 e. The van der Waals surface area contributed by atoms with E-state index in [9.17, 15) is 0 Å². The molecule has 0 atom stereocenters. The van der Waals surface area contributed by atoms with Crippen molar-refractivity contribution >= 4 is 44.1 Å². The molecule has 3 nitrogen and oxygen atoms in total. The van der Waals surface area contributed by atoms with Crippen molar-refractivity contribution in [1.29, 1.82) is 0 Å². The Balaban J connectivity index is 1.17. The van der Waals surface area contributed by atoms with Crippen LogP contribution in [0.3, 0.4) is 0 Å². The highest BCUT2D eigenvalue weighted by atomic mass is 32.2. The third kappa shape index (κ3) is 4.92. The summed E-state index contributed by atoms with van der Waals surface area (Å²) in [6.45, 7) is 0. The fraction of sp³-hybridized carbons (Fsp3) is 0. The van der Waals surface area contributed by atoms with Crippen molar-refractivity contribution in [3.05, 3.63) is 170 Å². The average Bonchev–Trinajstić information content (AvgIpc) is 3.20. The maximum atomic E-state index is 6.42. The van der Waals surface area contributed by atoms with Crippen LogP contribution in [0, 0.1) is 0 Å². The van der Waals surface area contributed by atoms with Gasteiger partial charge in [-0.1, -0.05) is 103 Å². The van der Waals surface area contributed by atoms with Crippen LogP contribution in [0.4, 0.5) is 0 Å². The number of hydrogen-bond donors (Lipinski definition) is 0. The second kappa shape index (κ2) is 11.7. The van der Waals surface area contributed by atoms with Crippen LogP contribution in [0.1, 0.15) is 0 Å². The zero-order valence-electron chi connectivity index (χ0n) is 26.9. The molecule has 50 heavy (non-hydrogen) atoms. The van der Waals surface area contributed by atoms with Gasteiger partial charge in [-0.3, -0.25) is 4.98 Å². The molecule has 10 rings (SSSR count). The zero-order valence-corrected chi connectivity index (χ0v) is 27.7. The number of rotatable bonds is 4. The average molecular weight is 657 g/mol. The number of benzene rings is 7. The Morgan fingerprint density at radius 3 is 1.70 bits per heavy atom. The summed E-state index contributed by atoms with van der Waals surface area (Å²) in [6, 6.07) is 58.0. The first kappa shape index (κ1) is 28.8. The number of para-hydroxylation sites is 1. The van der Waals surface area contributed by atoms with Crippen LogP contribution in [0.15, 0.2) is 180 Å². The standard InChI is InChI=1S/C46H28N2OS/c1-2-12-36-34(10-1)35-11-3-4-13-37(35)39-27-29(19-21-38(36)39)31-24-32(30-20-22-46-44(28-30)49-43-17-5-6-18-45(43)50-46)26-33(25-31)40-15-9-16-42(48-40)41-14-7-8-23-47-41/h1-28H. The van der Waals surface area contributed by atoms with Crippen molar-refractivity contribution in [2.75, 3.05) is 0 Å². The molecular formula is C46H28N2OS. The highest BCUT2D eigenvalue weighted by Crippen LogP contribution is 2.48. The molecule has 0 aliphatic carbocycles. The lowest BCUT2D eigenvalue weighted by Crippen LogP contribution is -1.95. The van der Waals surface area contributed by atoms with E-state index >= 15 is 0 Å². The number of aromatic nitrogens is 2. The predicted octanol–water partition coefficient (Wildman–Crippen LogP) is 12.9. The molecule has 0 fully saturated rings. The van der Waals surface area contributed by atoms with Crippen LogP contribution >= 0.6 is 11.8 Å². The van der Waals surface area contributed by atoms with Gasteiger partial charge in [-0.25, -0.2) is 4.98 Å². The third-order valence-electron chi connectivity index (χ3n) is 9.55. The van der Waals surface area contributed by atoms with Gasteiger partial charge in [0.25, 0.3) is 0 Å². The topological polar surface area (TPSA) is 35.0 Å². The van der Waals surface area contributed by atoms with Gasteiger partial charge in [-0.2, -0.15) is 0 Å². The van der Waals surface area contributed by atoms with E-state index in [0.29, 0.717) is 0 Å². The van der Waals surface area contributed by atoms with Gasteiger partial charge in [0.15, 0.2) is 0 Å². The number of ether oxygens (including phenoxy) is 1. The Bertz CT molecular complexity index is 2740. The van der Waals surface area contributed by atoms with Gasteiger partial charge >= 0.3 is 0 Å². The molecule has 4 heteroatoms. The van der Waals surface area contributed by atoms with E-state index < -0.39 is 0 Å². The first-order valence-electron chi connectivity index (χ1n) is 16.7. The van der Waals surface area contributed by atoms with Gasteiger partial charge < -0.3 is 4.74 Å². The van der Waals surface area contributed by atoms with Gasteiger partial charge in [-0.05, 0) is 127 Å². The lowest BCUT2D eigenvalue weighted by Gasteiger charge is -2.20. The molecule has 0 unspecified atom stereocenters. The number of hydrogen-bond acceptors (Lipinski definition) is 4. The third-order valence-corrected chi connectivity index (χ3v) is 10.7. The van der Waals surface area contributed by atoms with Gasteiger partial charge in [0.2, 0.25) is 0 Å². The lowest BCUT2D eigenvalue weighted by atomic mass is 9.90. The van der Waals surface area contributed by atoms with Crippen molar-refractivity contribution in [1.82, 2.24) is 9.97 Å². The molecule has 3 heterocycles. The summed E-state index contributed by atoms with van der Waals surface area (Å²) in [5.41, 5.74) is 8.09. The van der Waals surface area contributed by atoms with Crippen LogP contribution in [-0.2, 0) is 0 Å². The number of fused-ring (bicyclic) bond motifs is 8. The summed E-state index contributed by atoms with van der Waals surface area (Å²) in [7, 11) is 0. The van der Waals surface area contributed by atoms with E-state index in [0.717, 1.165) is 66.2 Å². The van der Waals surface area contributed by atoms with E-state index in [1.807, 2.05) is 42.6 Å². The largest absolute Gasteiger partial charge is 0.455 e. The quantitative estimate of drug-likeness (QED) is 0.177. The highest BCUT2D eigenvalue weighted by molar-refractivity contribution is 7.99. The van der Waals surface area contributed by atoms with Crippen LogP contribution in [0.25, 0.3) is 77.2 Å². The first-order valence-corrected chi connectivity index (χ1v) is 17.5. The molecule has 1 aliphatic heterocycles. The van der Waals surface area contributed by atoms with Gasteiger partial charge in [-0.15, -0.1) is 0 Å². The minimum atomic E-state index is 0.844. The monoisotopic (exact) mass is 656 g/mol. The maximum Gasteiger partial charge on any atom is 0.142 e. The van der Waals surface area contributed by atoms with E-state index in [4.69, 9.17) is 9.72 Å². The number of pyridine rings is 2. The Morgan fingerprint density at radius 2 is 0.940 bits per heavy atom. The zero-order chi connectivity index (χ0) is 33.0. The van der Waals surface area contributed by atoms with Gasteiger partial charge in [0, 0.05) is 11.8 Å². The van der Waals surface area contributed by atoms with Crippen molar-refractivity contribution < 1.29 is 4.74 Å². The fourth-order valence-electron chi connectivity index (χ4n) is 7.16. The van der Waals surface area contributed by atoms with Crippen molar-refractivity contribution in [2.45, 2.75) is 9.79 Å². The van der Waals surface area contributed by atoms with E-state index in [-0.39, 0.29) is 0 Å². The molecular weight excluding hydrogens is 629 g/mol. The Kier molecular flexibility index (Phi) is 6.74. The van der Waals surface area contributed by atoms with Crippen LogP contribution < -0.4 is 4.74 Å². The normalized spacial score (nSPS) is 12.1. The summed E-state index contributed by atoms with van der Waals surface area (Å²) in [6.07, 6.45) is 1.81. The molecule has 2 aromatic heterocycles. The molecule has 9 aromatic rings. The Labute approximate surface area is 293 Å². The van der Waals surface area contributed by atoms with Gasteiger partial charge in [0.1, 0.15) is 11.5 Å².